The SMILES string of the molecule is Cn1c(C2CC2)cnc1C#N. The standard InChI is InChI=1S/C8H9N3/c1-11-7(6-2-3-6)5-10-8(11)4-9/h5-6H,2-3H2,1H3. The molecule has 0 saturated heterocycles. The lowest BCUT2D eigenvalue weighted by molar-refractivity contribution is 0.812. The Hall–Kier alpha value is -1.30. The van der Waals surface area contributed by atoms with E-state index in [4.69, 9.17) is 5.26 Å². The molecule has 0 amide bonds. The number of rotatable bonds is 1. The fraction of sp³-hybridized carbons (Fsp3) is 0.500. The van der Waals surface area contributed by atoms with Crippen molar-refractivity contribution in [3.8, 4) is 6.07 Å². The minimum absolute atomic E-state index is 0.520. The monoisotopic (exact) mass is 147 g/mol. The summed E-state index contributed by atoms with van der Waals surface area (Å²) >= 11 is 0. The largest absolute Gasteiger partial charge is 0.323 e. The van der Waals surface area contributed by atoms with Crippen LogP contribution in [0.4, 0.5) is 0 Å². The lowest BCUT2D eigenvalue weighted by Gasteiger charge is -1.97. The minimum atomic E-state index is 0.520. The van der Waals surface area contributed by atoms with E-state index < -0.39 is 0 Å². The third kappa shape index (κ3) is 0.911. The van der Waals surface area contributed by atoms with Gasteiger partial charge in [-0.1, -0.05) is 0 Å². The molecule has 0 bridgehead atoms. The van der Waals surface area contributed by atoms with E-state index in [2.05, 4.69) is 11.1 Å². The van der Waals surface area contributed by atoms with Gasteiger partial charge < -0.3 is 4.57 Å². The predicted molar refractivity (Wildman–Crippen MR) is 39.9 cm³/mol. The van der Waals surface area contributed by atoms with Gasteiger partial charge in [0, 0.05) is 24.9 Å². The van der Waals surface area contributed by atoms with E-state index in [0.717, 1.165) is 0 Å². The zero-order chi connectivity index (χ0) is 7.84. The van der Waals surface area contributed by atoms with E-state index in [0.29, 0.717) is 11.7 Å². The topological polar surface area (TPSA) is 41.6 Å². The van der Waals surface area contributed by atoms with Crippen LogP contribution < -0.4 is 0 Å². The molecule has 0 aliphatic heterocycles. The van der Waals surface area contributed by atoms with Crippen LogP contribution in [0.5, 0.6) is 0 Å². The van der Waals surface area contributed by atoms with E-state index >= 15 is 0 Å². The van der Waals surface area contributed by atoms with Crippen LogP contribution in [-0.4, -0.2) is 9.55 Å². The molecule has 1 aromatic rings. The second-order valence-electron chi connectivity index (χ2n) is 2.95. The summed E-state index contributed by atoms with van der Waals surface area (Å²) in [6, 6.07) is 2.05. The summed E-state index contributed by atoms with van der Waals surface area (Å²) in [7, 11) is 1.90. The van der Waals surface area contributed by atoms with Gasteiger partial charge in [-0.2, -0.15) is 5.26 Å². The Morgan fingerprint density at radius 3 is 2.91 bits per heavy atom. The lowest BCUT2D eigenvalue weighted by atomic mass is 10.3. The summed E-state index contributed by atoms with van der Waals surface area (Å²) in [6.45, 7) is 0. The van der Waals surface area contributed by atoms with Crippen LogP contribution in [0.1, 0.15) is 30.3 Å². The number of hydrogen-bond donors (Lipinski definition) is 0. The second kappa shape index (κ2) is 2.09. The van der Waals surface area contributed by atoms with Crippen LogP contribution in [0.25, 0.3) is 0 Å². The maximum Gasteiger partial charge on any atom is 0.212 e. The molecule has 1 saturated carbocycles. The maximum absolute atomic E-state index is 8.60. The number of nitrogens with zero attached hydrogens (tertiary/aromatic N) is 3. The summed E-state index contributed by atoms with van der Waals surface area (Å²) in [5.74, 6) is 1.20. The Kier molecular flexibility index (Phi) is 1.22. The fourth-order valence-electron chi connectivity index (χ4n) is 1.29. The molecule has 1 aliphatic carbocycles. The van der Waals surface area contributed by atoms with Gasteiger partial charge in [0.2, 0.25) is 5.82 Å². The van der Waals surface area contributed by atoms with Crippen molar-refractivity contribution in [2.24, 2.45) is 7.05 Å². The van der Waals surface area contributed by atoms with Gasteiger partial charge in [0.05, 0.1) is 0 Å². The van der Waals surface area contributed by atoms with Gasteiger partial charge in [-0.3, -0.25) is 0 Å². The van der Waals surface area contributed by atoms with Crippen LogP contribution in [0, 0.1) is 11.3 Å². The summed E-state index contributed by atoms with van der Waals surface area (Å²) in [6.07, 6.45) is 4.32. The number of aromatic nitrogens is 2. The minimum Gasteiger partial charge on any atom is -0.323 e. The van der Waals surface area contributed by atoms with Crippen LogP contribution in [-0.2, 0) is 7.05 Å². The van der Waals surface area contributed by atoms with Crippen molar-refractivity contribution in [2.75, 3.05) is 0 Å². The summed E-state index contributed by atoms with van der Waals surface area (Å²) < 4.78 is 1.89. The zero-order valence-corrected chi connectivity index (χ0v) is 6.41. The highest BCUT2D eigenvalue weighted by Crippen LogP contribution is 2.39. The molecule has 2 rings (SSSR count). The highest BCUT2D eigenvalue weighted by Gasteiger charge is 2.27. The molecule has 0 N–H and O–H groups in total. The molecule has 56 valence electrons. The first-order chi connectivity index (χ1) is 5.33. The number of nitriles is 1. The first kappa shape index (κ1) is 6.41. The summed E-state index contributed by atoms with van der Waals surface area (Å²) in [5, 5.41) is 8.60. The number of hydrogen-bond acceptors (Lipinski definition) is 2. The molecular weight excluding hydrogens is 138 g/mol. The summed E-state index contributed by atoms with van der Waals surface area (Å²) in [5.41, 5.74) is 1.21. The molecule has 1 fully saturated rings. The molecule has 3 heteroatoms. The number of imidazole rings is 1. The average Bonchev–Trinajstić information content (AvgIpc) is 2.77. The molecular formula is C8H9N3. The van der Waals surface area contributed by atoms with Gasteiger partial charge in [0.25, 0.3) is 0 Å². The Morgan fingerprint density at radius 2 is 2.45 bits per heavy atom. The van der Waals surface area contributed by atoms with Crippen molar-refractivity contribution < 1.29 is 0 Å². The van der Waals surface area contributed by atoms with Gasteiger partial charge in [-0.25, -0.2) is 4.98 Å². The molecule has 1 aromatic heterocycles. The van der Waals surface area contributed by atoms with Gasteiger partial charge in [-0.05, 0) is 12.8 Å². The normalized spacial score (nSPS) is 16.4. The van der Waals surface area contributed by atoms with Gasteiger partial charge in [0.15, 0.2) is 0 Å². The Bertz CT molecular complexity index is 315. The van der Waals surface area contributed by atoms with Crippen molar-refractivity contribution in [1.82, 2.24) is 9.55 Å². The third-order valence-corrected chi connectivity index (χ3v) is 2.12. The van der Waals surface area contributed by atoms with Gasteiger partial charge in [-0.15, -0.1) is 0 Å². The molecule has 1 aliphatic rings. The highest BCUT2D eigenvalue weighted by molar-refractivity contribution is 5.21. The van der Waals surface area contributed by atoms with E-state index in [1.807, 2.05) is 17.8 Å². The molecule has 3 nitrogen and oxygen atoms in total. The molecule has 1 heterocycles. The van der Waals surface area contributed by atoms with Crippen molar-refractivity contribution in [3.05, 3.63) is 17.7 Å². The molecule has 0 spiro atoms. The molecule has 0 aromatic carbocycles. The molecule has 0 radical (unpaired) electrons. The Balaban J connectivity index is 2.42. The van der Waals surface area contributed by atoms with E-state index in [9.17, 15) is 0 Å². The van der Waals surface area contributed by atoms with Crippen molar-refractivity contribution in [2.45, 2.75) is 18.8 Å². The molecule has 0 unspecified atom stereocenters. The van der Waals surface area contributed by atoms with Crippen LogP contribution in [0.15, 0.2) is 6.20 Å². The van der Waals surface area contributed by atoms with Crippen molar-refractivity contribution in [1.29, 1.82) is 5.26 Å². The van der Waals surface area contributed by atoms with Crippen LogP contribution in [0.2, 0.25) is 0 Å². The smallest absolute Gasteiger partial charge is 0.212 e. The van der Waals surface area contributed by atoms with Crippen molar-refractivity contribution in [3.63, 3.8) is 0 Å². The van der Waals surface area contributed by atoms with E-state index in [1.54, 1.807) is 0 Å². The average molecular weight is 147 g/mol. The van der Waals surface area contributed by atoms with Crippen molar-refractivity contribution >= 4 is 0 Å². The quantitative estimate of drug-likeness (QED) is 0.598. The molecule has 11 heavy (non-hydrogen) atoms. The first-order valence-corrected chi connectivity index (χ1v) is 3.74. The summed E-state index contributed by atoms with van der Waals surface area (Å²) in [4.78, 5) is 4.00. The van der Waals surface area contributed by atoms with Crippen LogP contribution in [0.3, 0.4) is 0 Å². The Labute approximate surface area is 65.3 Å². The van der Waals surface area contributed by atoms with Gasteiger partial charge in [0.1, 0.15) is 6.07 Å². The first-order valence-electron chi connectivity index (χ1n) is 3.74. The fourth-order valence-corrected chi connectivity index (χ4v) is 1.29. The zero-order valence-electron chi connectivity index (χ0n) is 6.41. The lowest BCUT2D eigenvalue weighted by Crippen LogP contribution is -1.96. The second-order valence-corrected chi connectivity index (χ2v) is 2.95. The van der Waals surface area contributed by atoms with E-state index in [-0.39, 0.29) is 0 Å². The Morgan fingerprint density at radius 1 is 1.73 bits per heavy atom. The maximum atomic E-state index is 8.60. The predicted octanol–water partition coefficient (Wildman–Crippen LogP) is 1.17. The van der Waals surface area contributed by atoms with Crippen LogP contribution >= 0.6 is 0 Å². The third-order valence-electron chi connectivity index (χ3n) is 2.12. The van der Waals surface area contributed by atoms with Gasteiger partial charge >= 0.3 is 0 Å². The molecule has 0 atom stereocenters. The van der Waals surface area contributed by atoms with E-state index in [1.165, 1.54) is 18.5 Å². The highest BCUT2D eigenvalue weighted by atomic mass is 15.1.